The molecule has 1 N–H and O–H groups in total. The predicted molar refractivity (Wildman–Crippen MR) is 83.1 cm³/mol. The van der Waals surface area contributed by atoms with Gasteiger partial charge in [-0.1, -0.05) is 0 Å². The molecule has 1 saturated heterocycles. The average Bonchev–Trinajstić information content (AvgIpc) is 3.07. The Hall–Kier alpha value is -1.82. The van der Waals surface area contributed by atoms with Crippen LogP contribution in [0.25, 0.3) is 0 Å². The van der Waals surface area contributed by atoms with Gasteiger partial charge in [0.1, 0.15) is 5.76 Å². The van der Waals surface area contributed by atoms with Crippen molar-refractivity contribution in [2.24, 2.45) is 5.92 Å². The number of hydrogen-bond acceptors (Lipinski definition) is 4. The van der Waals surface area contributed by atoms with E-state index in [4.69, 9.17) is 4.42 Å². The molecule has 0 saturated carbocycles. The molecule has 1 aromatic heterocycles. The molecule has 6 heteroatoms. The number of hydrogen-bond donors (Lipinski definition) is 1. The fourth-order valence-corrected chi connectivity index (χ4v) is 2.77. The summed E-state index contributed by atoms with van der Waals surface area (Å²) >= 11 is 0. The Morgan fingerprint density at radius 3 is 2.73 bits per heavy atom. The second-order valence-electron chi connectivity index (χ2n) is 6.28. The van der Waals surface area contributed by atoms with Crippen molar-refractivity contribution in [3.8, 4) is 0 Å². The van der Waals surface area contributed by atoms with E-state index >= 15 is 0 Å². The van der Waals surface area contributed by atoms with Gasteiger partial charge in [-0.15, -0.1) is 0 Å². The summed E-state index contributed by atoms with van der Waals surface area (Å²) in [4.78, 5) is 28.0. The van der Waals surface area contributed by atoms with E-state index in [1.807, 2.05) is 45.0 Å². The van der Waals surface area contributed by atoms with Crippen molar-refractivity contribution in [1.82, 2.24) is 15.1 Å². The quantitative estimate of drug-likeness (QED) is 0.859. The summed E-state index contributed by atoms with van der Waals surface area (Å²) in [6.45, 7) is 4.91. The molecule has 1 aromatic rings. The molecule has 0 spiro atoms. The van der Waals surface area contributed by atoms with Crippen LogP contribution in [-0.2, 0) is 9.59 Å². The molecule has 0 bridgehead atoms. The highest BCUT2D eigenvalue weighted by atomic mass is 16.3. The molecule has 0 radical (unpaired) electrons. The number of rotatable bonds is 6. The largest absolute Gasteiger partial charge is 0.468 e. The Labute approximate surface area is 131 Å². The van der Waals surface area contributed by atoms with Crippen LogP contribution in [0.5, 0.6) is 0 Å². The van der Waals surface area contributed by atoms with Crippen molar-refractivity contribution in [1.29, 1.82) is 0 Å². The van der Waals surface area contributed by atoms with Crippen molar-refractivity contribution in [3.63, 3.8) is 0 Å². The molecular formula is C16H25N3O3. The molecule has 2 rings (SSSR count). The van der Waals surface area contributed by atoms with E-state index < -0.39 is 0 Å². The van der Waals surface area contributed by atoms with Gasteiger partial charge in [-0.25, -0.2) is 0 Å². The first-order chi connectivity index (χ1) is 10.4. The molecule has 2 heterocycles. The van der Waals surface area contributed by atoms with Gasteiger partial charge < -0.3 is 14.6 Å². The maximum absolute atomic E-state index is 12.3. The van der Waals surface area contributed by atoms with Gasteiger partial charge in [-0.3, -0.25) is 14.5 Å². The van der Waals surface area contributed by atoms with Crippen LogP contribution < -0.4 is 5.32 Å². The van der Waals surface area contributed by atoms with Crippen LogP contribution >= 0.6 is 0 Å². The van der Waals surface area contributed by atoms with Crippen molar-refractivity contribution in [2.75, 3.05) is 27.2 Å². The maximum Gasteiger partial charge on any atom is 0.225 e. The van der Waals surface area contributed by atoms with Crippen LogP contribution in [0, 0.1) is 5.92 Å². The second-order valence-corrected chi connectivity index (χ2v) is 6.28. The summed E-state index contributed by atoms with van der Waals surface area (Å²) in [5, 5.41) is 2.95. The Morgan fingerprint density at radius 2 is 2.23 bits per heavy atom. The third kappa shape index (κ3) is 3.68. The Balaban J connectivity index is 1.91. The lowest BCUT2D eigenvalue weighted by molar-refractivity contribution is -0.130. The summed E-state index contributed by atoms with van der Waals surface area (Å²) in [5.74, 6) is 0.561. The topological polar surface area (TPSA) is 65.8 Å². The number of carbonyl (C=O) groups is 2. The molecule has 22 heavy (non-hydrogen) atoms. The van der Waals surface area contributed by atoms with Crippen LogP contribution in [0.4, 0.5) is 0 Å². The van der Waals surface area contributed by atoms with Gasteiger partial charge in [-0.2, -0.15) is 0 Å². The highest BCUT2D eigenvalue weighted by Gasteiger charge is 2.35. The number of nitrogens with zero attached hydrogens (tertiary/aromatic N) is 2. The van der Waals surface area contributed by atoms with Crippen LogP contribution in [0.2, 0.25) is 0 Å². The molecule has 0 aromatic carbocycles. The number of carbonyl (C=O) groups excluding carboxylic acids is 2. The van der Waals surface area contributed by atoms with Crippen molar-refractivity contribution in [2.45, 2.75) is 32.4 Å². The standard InChI is InChI=1S/C16H25N3O3/c1-11(2)19-10-12(8-15(19)20)16(21)17-9-13(18(3)4)14-6-5-7-22-14/h5-7,11-13H,8-10H2,1-4H3,(H,17,21). The van der Waals surface area contributed by atoms with Crippen molar-refractivity contribution in [3.05, 3.63) is 24.2 Å². The van der Waals surface area contributed by atoms with Gasteiger partial charge in [0.15, 0.2) is 0 Å². The molecule has 2 amide bonds. The van der Waals surface area contributed by atoms with E-state index in [0.29, 0.717) is 19.5 Å². The Bertz CT molecular complexity index is 511. The van der Waals surface area contributed by atoms with Crippen molar-refractivity contribution >= 4 is 11.8 Å². The normalized spacial score (nSPS) is 20.0. The fourth-order valence-electron chi connectivity index (χ4n) is 2.77. The monoisotopic (exact) mass is 307 g/mol. The number of likely N-dealkylation sites (N-methyl/N-ethyl adjacent to an activating group) is 1. The molecule has 0 aliphatic carbocycles. The molecular weight excluding hydrogens is 282 g/mol. The molecule has 2 unspecified atom stereocenters. The van der Waals surface area contributed by atoms with Crippen LogP contribution in [-0.4, -0.2) is 54.8 Å². The third-order valence-corrected chi connectivity index (χ3v) is 4.12. The van der Waals surface area contributed by atoms with Crippen molar-refractivity contribution < 1.29 is 14.0 Å². The third-order valence-electron chi connectivity index (χ3n) is 4.12. The first-order valence-corrected chi connectivity index (χ1v) is 7.67. The second kappa shape index (κ2) is 6.96. The zero-order valence-electron chi connectivity index (χ0n) is 13.7. The molecule has 2 atom stereocenters. The highest BCUT2D eigenvalue weighted by Crippen LogP contribution is 2.21. The van der Waals surface area contributed by atoms with E-state index in [1.54, 1.807) is 11.2 Å². The number of amides is 2. The minimum Gasteiger partial charge on any atom is -0.468 e. The maximum atomic E-state index is 12.3. The highest BCUT2D eigenvalue weighted by molar-refractivity contribution is 5.89. The smallest absolute Gasteiger partial charge is 0.225 e. The first-order valence-electron chi connectivity index (χ1n) is 7.67. The molecule has 1 fully saturated rings. The number of likely N-dealkylation sites (tertiary alicyclic amines) is 1. The summed E-state index contributed by atoms with van der Waals surface area (Å²) in [5.41, 5.74) is 0. The first kappa shape index (κ1) is 16.5. The molecule has 1 aliphatic rings. The van der Waals surface area contributed by atoms with Gasteiger partial charge in [0.05, 0.1) is 18.2 Å². The molecule has 6 nitrogen and oxygen atoms in total. The lowest BCUT2D eigenvalue weighted by atomic mass is 10.1. The average molecular weight is 307 g/mol. The van der Waals surface area contributed by atoms with E-state index in [9.17, 15) is 9.59 Å². The van der Waals surface area contributed by atoms with E-state index in [0.717, 1.165) is 5.76 Å². The van der Waals surface area contributed by atoms with Crippen LogP contribution in [0.3, 0.4) is 0 Å². The zero-order valence-corrected chi connectivity index (χ0v) is 13.7. The van der Waals surface area contributed by atoms with E-state index in [1.165, 1.54) is 0 Å². The molecule has 122 valence electrons. The van der Waals surface area contributed by atoms with Gasteiger partial charge in [0, 0.05) is 25.6 Å². The fraction of sp³-hybridized carbons (Fsp3) is 0.625. The summed E-state index contributed by atoms with van der Waals surface area (Å²) in [7, 11) is 3.89. The van der Waals surface area contributed by atoms with Crippen LogP contribution in [0.1, 0.15) is 32.1 Å². The van der Waals surface area contributed by atoms with Gasteiger partial charge in [-0.05, 0) is 40.1 Å². The number of nitrogens with one attached hydrogen (secondary N) is 1. The lowest BCUT2D eigenvalue weighted by Crippen LogP contribution is -2.39. The minimum absolute atomic E-state index is 0.0164. The summed E-state index contributed by atoms with van der Waals surface area (Å²) < 4.78 is 5.42. The number of furan rings is 1. The zero-order chi connectivity index (χ0) is 16.3. The summed E-state index contributed by atoms with van der Waals surface area (Å²) in [6.07, 6.45) is 1.93. The summed E-state index contributed by atoms with van der Waals surface area (Å²) in [6, 6.07) is 3.86. The predicted octanol–water partition coefficient (Wildman–Crippen LogP) is 1.26. The Morgan fingerprint density at radius 1 is 1.50 bits per heavy atom. The molecule has 1 aliphatic heterocycles. The SMILES string of the molecule is CC(C)N1CC(C(=O)NCC(c2ccco2)N(C)C)CC1=O. The van der Waals surface area contributed by atoms with Gasteiger partial charge >= 0.3 is 0 Å². The minimum atomic E-state index is -0.255. The van der Waals surface area contributed by atoms with E-state index in [-0.39, 0.29) is 29.8 Å². The Kier molecular flexibility index (Phi) is 5.24. The van der Waals surface area contributed by atoms with E-state index in [2.05, 4.69) is 5.32 Å². The van der Waals surface area contributed by atoms with Crippen LogP contribution in [0.15, 0.2) is 22.8 Å². The van der Waals surface area contributed by atoms with Gasteiger partial charge in [0.2, 0.25) is 11.8 Å². The van der Waals surface area contributed by atoms with Gasteiger partial charge in [0.25, 0.3) is 0 Å². The lowest BCUT2D eigenvalue weighted by Gasteiger charge is -2.24.